The first kappa shape index (κ1) is 20.7. The summed E-state index contributed by atoms with van der Waals surface area (Å²) < 4.78 is 5.93. The first-order valence-electron chi connectivity index (χ1n) is 10.1. The molecule has 0 aliphatic carbocycles. The molecule has 2 aliphatic rings. The van der Waals surface area contributed by atoms with Crippen molar-refractivity contribution in [2.24, 2.45) is 0 Å². The summed E-state index contributed by atoms with van der Waals surface area (Å²) in [6, 6.07) is 2.41. The lowest BCUT2D eigenvalue weighted by Gasteiger charge is -2.37. The van der Waals surface area contributed by atoms with Gasteiger partial charge in [-0.2, -0.15) is 5.26 Å². The van der Waals surface area contributed by atoms with Crippen LogP contribution in [0.25, 0.3) is 0 Å². The fraction of sp³-hybridized carbons (Fsp3) is 0.524. The van der Waals surface area contributed by atoms with E-state index in [9.17, 15) is 10.1 Å². The number of hydrogen-bond donors (Lipinski definition) is 1. The Morgan fingerprint density at radius 2 is 2.10 bits per heavy atom. The number of aromatic nitrogens is 2. The molecule has 2 aliphatic heterocycles. The molecule has 0 aromatic carbocycles. The molecule has 158 valence electrons. The van der Waals surface area contributed by atoms with Gasteiger partial charge in [-0.15, -0.1) is 11.3 Å². The zero-order valence-corrected chi connectivity index (χ0v) is 18.4. The van der Waals surface area contributed by atoms with Crippen LogP contribution in [0.4, 0.5) is 10.9 Å². The van der Waals surface area contributed by atoms with E-state index in [2.05, 4.69) is 40.0 Å². The van der Waals surface area contributed by atoms with Crippen LogP contribution in [0.15, 0.2) is 11.6 Å². The van der Waals surface area contributed by atoms with Crippen LogP contribution in [0.1, 0.15) is 36.2 Å². The third-order valence-electron chi connectivity index (χ3n) is 5.64. The van der Waals surface area contributed by atoms with E-state index in [4.69, 9.17) is 9.72 Å². The molecule has 0 saturated carbocycles. The number of hydrogen-bond acceptors (Lipinski definition) is 8. The zero-order valence-electron chi connectivity index (χ0n) is 17.6. The van der Waals surface area contributed by atoms with Crippen molar-refractivity contribution in [3.8, 4) is 6.07 Å². The number of rotatable bonds is 4. The molecule has 1 saturated heterocycles. The van der Waals surface area contributed by atoms with Gasteiger partial charge < -0.3 is 15.0 Å². The lowest BCUT2D eigenvalue weighted by atomic mass is 9.88. The van der Waals surface area contributed by atoms with Crippen LogP contribution >= 0.6 is 11.3 Å². The van der Waals surface area contributed by atoms with Crippen LogP contribution in [0.2, 0.25) is 0 Å². The lowest BCUT2D eigenvalue weighted by molar-refractivity contribution is -0.117. The summed E-state index contributed by atoms with van der Waals surface area (Å²) in [4.78, 5) is 25.4. The van der Waals surface area contributed by atoms with Crippen LogP contribution < -0.4 is 10.2 Å². The number of ether oxygens (including phenoxy) is 1. The average molecular weight is 427 g/mol. The standard InChI is InChI=1S/C21H26N6O2S/c1-14-17-13-29-21(2,3)10-15(17)16(11-22)19(24-14)27-7-5-26(6-8-27)12-18(28)25-20-23-4-9-30-20/h4,9H,5-8,10,12-13H2,1-3H3,(H,23,25,28). The maximum Gasteiger partial charge on any atom is 0.240 e. The number of carbonyl (C=O) groups excluding carboxylic acids is 1. The normalized spacial score (nSPS) is 18.5. The number of anilines is 2. The topological polar surface area (TPSA) is 94.4 Å². The minimum atomic E-state index is -0.285. The molecule has 0 spiro atoms. The van der Waals surface area contributed by atoms with Gasteiger partial charge in [0, 0.05) is 55.4 Å². The van der Waals surface area contributed by atoms with Gasteiger partial charge in [0.1, 0.15) is 11.9 Å². The van der Waals surface area contributed by atoms with Crippen molar-refractivity contribution < 1.29 is 9.53 Å². The van der Waals surface area contributed by atoms with Crippen molar-refractivity contribution in [2.45, 2.75) is 39.4 Å². The maximum atomic E-state index is 12.2. The third-order valence-corrected chi connectivity index (χ3v) is 6.33. The molecular weight excluding hydrogens is 400 g/mol. The number of pyridine rings is 1. The van der Waals surface area contributed by atoms with Crippen molar-refractivity contribution in [3.05, 3.63) is 34.0 Å². The van der Waals surface area contributed by atoms with E-state index in [1.54, 1.807) is 6.20 Å². The van der Waals surface area contributed by atoms with Gasteiger partial charge in [0.15, 0.2) is 5.13 Å². The van der Waals surface area contributed by atoms with Crippen molar-refractivity contribution in [3.63, 3.8) is 0 Å². The van der Waals surface area contributed by atoms with E-state index in [1.807, 2.05) is 12.3 Å². The number of nitrogens with zero attached hydrogens (tertiary/aromatic N) is 5. The molecule has 0 atom stereocenters. The summed E-state index contributed by atoms with van der Waals surface area (Å²) in [5, 5.41) is 15.2. The summed E-state index contributed by atoms with van der Waals surface area (Å²) in [7, 11) is 0. The van der Waals surface area contributed by atoms with Crippen molar-refractivity contribution >= 4 is 28.2 Å². The molecule has 2 aromatic rings. The summed E-state index contributed by atoms with van der Waals surface area (Å²) in [6.45, 7) is 9.87. The van der Waals surface area contributed by atoms with Gasteiger partial charge in [0.2, 0.25) is 5.91 Å². The number of fused-ring (bicyclic) bond motifs is 1. The molecule has 0 radical (unpaired) electrons. The molecule has 4 rings (SSSR count). The Morgan fingerprint density at radius 1 is 1.33 bits per heavy atom. The zero-order chi connectivity index (χ0) is 21.3. The summed E-state index contributed by atoms with van der Waals surface area (Å²) >= 11 is 1.41. The minimum absolute atomic E-state index is 0.0545. The quantitative estimate of drug-likeness (QED) is 0.802. The number of carbonyl (C=O) groups is 1. The molecule has 2 aromatic heterocycles. The Kier molecular flexibility index (Phi) is 5.73. The fourth-order valence-corrected chi connectivity index (χ4v) is 4.57. The molecule has 0 bridgehead atoms. The highest BCUT2D eigenvalue weighted by atomic mass is 32.1. The number of amides is 1. The predicted octanol–water partition coefficient (Wildman–Crippen LogP) is 2.33. The highest BCUT2D eigenvalue weighted by Crippen LogP contribution is 2.35. The van der Waals surface area contributed by atoms with Crippen LogP contribution in [-0.2, 0) is 22.6 Å². The highest BCUT2D eigenvalue weighted by molar-refractivity contribution is 7.13. The first-order chi connectivity index (χ1) is 14.4. The van der Waals surface area contributed by atoms with Gasteiger partial charge >= 0.3 is 0 Å². The van der Waals surface area contributed by atoms with Gasteiger partial charge in [-0.3, -0.25) is 9.69 Å². The number of thiazole rings is 1. The van der Waals surface area contributed by atoms with E-state index < -0.39 is 0 Å². The lowest BCUT2D eigenvalue weighted by Crippen LogP contribution is -2.49. The van der Waals surface area contributed by atoms with Crippen molar-refractivity contribution in [1.29, 1.82) is 5.26 Å². The summed E-state index contributed by atoms with van der Waals surface area (Å²) in [5.41, 5.74) is 3.43. The number of aryl methyl sites for hydroxylation is 1. The average Bonchev–Trinajstić information content (AvgIpc) is 3.20. The largest absolute Gasteiger partial charge is 0.370 e. The Morgan fingerprint density at radius 3 is 2.77 bits per heavy atom. The molecule has 0 unspecified atom stereocenters. The van der Waals surface area contributed by atoms with Crippen molar-refractivity contribution in [1.82, 2.24) is 14.9 Å². The van der Waals surface area contributed by atoms with E-state index in [0.29, 0.717) is 30.3 Å². The van der Waals surface area contributed by atoms with Gasteiger partial charge in [-0.05, 0) is 26.3 Å². The second-order valence-electron chi connectivity index (χ2n) is 8.34. The molecule has 1 N–H and O–H groups in total. The van der Waals surface area contributed by atoms with Crippen molar-refractivity contribution in [2.75, 3.05) is 42.9 Å². The fourth-order valence-electron chi connectivity index (χ4n) is 4.03. The third kappa shape index (κ3) is 4.31. The monoisotopic (exact) mass is 426 g/mol. The first-order valence-corrected chi connectivity index (χ1v) is 11.0. The van der Waals surface area contributed by atoms with Crippen LogP contribution in [0.5, 0.6) is 0 Å². The molecule has 30 heavy (non-hydrogen) atoms. The molecular formula is C21H26N6O2S. The molecule has 9 heteroatoms. The van der Waals surface area contributed by atoms with E-state index in [0.717, 1.165) is 48.8 Å². The van der Waals surface area contributed by atoms with Crippen LogP contribution in [-0.4, -0.2) is 59.1 Å². The van der Waals surface area contributed by atoms with Gasteiger partial charge in [0.05, 0.1) is 24.3 Å². The van der Waals surface area contributed by atoms with E-state index >= 15 is 0 Å². The number of nitriles is 1. The Bertz CT molecular complexity index is 974. The summed E-state index contributed by atoms with van der Waals surface area (Å²) in [6.07, 6.45) is 2.38. The second-order valence-corrected chi connectivity index (χ2v) is 9.23. The molecule has 1 fully saturated rings. The number of piperazine rings is 1. The Labute approximate surface area is 180 Å². The smallest absolute Gasteiger partial charge is 0.240 e. The van der Waals surface area contributed by atoms with E-state index in [1.165, 1.54) is 11.3 Å². The molecule has 1 amide bonds. The van der Waals surface area contributed by atoms with Gasteiger partial charge in [-0.25, -0.2) is 9.97 Å². The Balaban J connectivity index is 1.45. The highest BCUT2D eigenvalue weighted by Gasteiger charge is 2.32. The predicted molar refractivity (Wildman–Crippen MR) is 116 cm³/mol. The maximum absolute atomic E-state index is 12.2. The van der Waals surface area contributed by atoms with E-state index in [-0.39, 0.29) is 11.5 Å². The molecule has 8 nitrogen and oxygen atoms in total. The van der Waals surface area contributed by atoms with Crippen LogP contribution in [0, 0.1) is 18.3 Å². The number of nitrogens with one attached hydrogen (secondary N) is 1. The van der Waals surface area contributed by atoms with Gasteiger partial charge in [0.25, 0.3) is 0 Å². The van der Waals surface area contributed by atoms with Gasteiger partial charge in [-0.1, -0.05) is 0 Å². The Hall–Kier alpha value is -2.54. The SMILES string of the molecule is Cc1nc(N2CCN(CC(=O)Nc3nccs3)CC2)c(C#N)c2c1COC(C)(C)C2. The molecule has 4 heterocycles. The van der Waals surface area contributed by atoms with Crippen LogP contribution in [0.3, 0.4) is 0 Å². The second kappa shape index (κ2) is 8.30. The summed E-state index contributed by atoms with van der Waals surface area (Å²) in [5.74, 6) is 0.708. The minimum Gasteiger partial charge on any atom is -0.370 e.